The molecule has 1 aromatic heterocycles. The van der Waals surface area contributed by atoms with E-state index in [1.807, 2.05) is 24.3 Å². The number of ether oxygens (including phenoxy) is 1. The minimum Gasteiger partial charge on any atom is -0.497 e. The van der Waals surface area contributed by atoms with Crippen molar-refractivity contribution in [3.8, 4) is 5.75 Å². The van der Waals surface area contributed by atoms with Crippen LogP contribution in [0.1, 0.15) is 79.3 Å². The Morgan fingerprint density at radius 3 is 2.83 bits per heavy atom. The van der Waals surface area contributed by atoms with Gasteiger partial charge in [0.15, 0.2) is 0 Å². The van der Waals surface area contributed by atoms with Gasteiger partial charge in [0, 0.05) is 29.7 Å². The molecule has 0 radical (unpaired) electrons. The third-order valence-electron chi connectivity index (χ3n) is 8.43. The molecule has 2 heterocycles. The van der Waals surface area contributed by atoms with Gasteiger partial charge in [-0.05, 0) is 79.0 Å². The molecule has 2 aliphatic carbocycles. The van der Waals surface area contributed by atoms with Crippen LogP contribution in [0.4, 0.5) is 0 Å². The monoisotopic (exact) mass is 484 g/mol. The summed E-state index contributed by atoms with van der Waals surface area (Å²) in [7, 11) is 1.64. The Hall–Kier alpha value is -3.12. The average molecular weight is 485 g/mol. The van der Waals surface area contributed by atoms with Crippen LogP contribution in [0.15, 0.2) is 47.6 Å². The van der Waals surface area contributed by atoms with Gasteiger partial charge in [-0.2, -0.15) is 5.10 Å². The van der Waals surface area contributed by atoms with E-state index in [1.54, 1.807) is 13.3 Å². The second kappa shape index (κ2) is 10.1. The van der Waals surface area contributed by atoms with Crippen molar-refractivity contribution >= 4 is 23.0 Å². The molecule has 0 saturated heterocycles. The lowest BCUT2D eigenvalue weighted by Gasteiger charge is -2.39. The normalized spacial score (nSPS) is 20.5. The maximum atomic E-state index is 12.8. The van der Waals surface area contributed by atoms with E-state index >= 15 is 0 Å². The van der Waals surface area contributed by atoms with E-state index in [0.29, 0.717) is 12.6 Å². The predicted octanol–water partition coefficient (Wildman–Crippen LogP) is 5.54. The van der Waals surface area contributed by atoms with Crippen molar-refractivity contribution in [1.29, 1.82) is 0 Å². The van der Waals surface area contributed by atoms with Crippen LogP contribution in [0, 0.1) is 0 Å². The van der Waals surface area contributed by atoms with E-state index in [9.17, 15) is 4.79 Å². The summed E-state index contributed by atoms with van der Waals surface area (Å²) in [6, 6.07) is 15.2. The number of rotatable bonds is 6. The molecule has 3 aliphatic rings. The van der Waals surface area contributed by atoms with Gasteiger partial charge < -0.3 is 9.30 Å². The fourth-order valence-corrected chi connectivity index (χ4v) is 6.69. The summed E-state index contributed by atoms with van der Waals surface area (Å²) in [6.45, 7) is 2.19. The number of carbonyl (C=O) groups excluding carboxylic acids is 1. The number of hydrazone groups is 1. The van der Waals surface area contributed by atoms with Gasteiger partial charge in [-0.3, -0.25) is 9.69 Å². The van der Waals surface area contributed by atoms with Crippen LogP contribution in [0.5, 0.6) is 5.75 Å². The maximum absolute atomic E-state index is 12.8. The molecule has 3 aromatic rings. The molecule has 0 bridgehead atoms. The Morgan fingerprint density at radius 2 is 1.97 bits per heavy atom. The SMILES string of the molecule is COc1cccc(/C=N\NC(=O)CN2CCn3c4c(c5cc(C6CCCCC6)ccc53)CCC[C@@H]42)c1. The summed E-state index contributed by atoms with van der Waals surface area (Å²) in [5.74, 6) is 1.43. The summed E-state index contributed by atoms with van der Waals surface area (Å²) < 4.78 is 7.80. The minimum atomic E-state index is -0.0644. The zero-order chi connectivity index (χ0) is 24.5. The zero-order valence-corrected chi connectivity index (χ0v) is 21.2. The van der Waals surface area contributed by atoms with Crippen molar-refractivity contribution in [2.24, 2.45) is 5.10 Å². The lowest BCUT2D eigenvalue weighted by atomic mass is 9.83. The summed E-state index contributed by atoms with van der Waals surface area (Å²) in [5, 5.41) is 5.65. The van der Waals surface area contributed by atoms with Gasteiger partial charge in [-0.1, -0.05) is 37.5 Å². The van der Waals surface area contributed by atoms with Crippen LogP contribution in [0.25, 0.3) is 10.9 Å². The lowest BCUT2D eigenvalue weighted by Crippen LogP contribution is -2.44. The highest BCUT2D eigenvalue weighted by Crippen LogP contribution is 2.44. The third-order valence-corrected chi connectivity index (χ3v) is 8.43. The highest BCUT2D eigenvalue weighted by molar-refractivity contribution is 5.87. The standard InChI is InChI=1S/C30H36N4O2/c1-36-24-10-5-7-21(17-24)19-31-32-29(35)20-33-15-16-34-27-14-13-23(22-8-3-2-4-9-22)18-26(27)25-11-6-12-28(33)30(25)34/h5,7,10,13-14,17-19,22,28H,2-4,6,8-9,11-12,15-16,20H2,1H3,(H,32,35)/b31-19-/t28-/m0/s1. The van der Waals surface area contributed by atoms with Crippen molar-refractivity contribution in [3.05, 3.63) is 64.8 Å². The van der Waals surface area contributed by atoms with Crippen LogP contribution in [0.2, 0.25) is 0 Å². The number of hydrogen-bond donors (Lipinski definition) is 1. The molecule has 1 atom stereocenters. The third kappa shape index (κ3) is 4.43. The Kier molecular flexibility index (Phi) is 6.53. The molecule has 1 N–H and O–H groups in total. The molecule has 188 valence electrons. The number of carbonyl (C=O) groups is 1. The Balaban J connectivity index is 1.19. The number of fused-ring (bicyclic) bond motifs is 3. The van der Waals surface area contributed by atoms with Gasteiger partial charge >= 0.3 is 0 Å². The van der Waals surface area contributed by atoms with E-state index < -0.39 is 0 Å². The summed E-state index contributed by atoms with van der Waals surface area (Å²) in [4.78, 5) is 15.2. The molecule has 0 unspecified atom stereocenters. The molecule has 6 heteroatoms. The molecule has 1 amide bonds. The Morgan fingerprint density at radius 1 is 1.08 bits per heavy atom. The zero-order valence-electron chi connectivity index (χ0n) is 21.2. The van der Waals surface area contributed by atoms with Crippen LogP contribution < -0.4 is 10.2 Å². The van der Waals surface area contributed by atoms with Crippen molar-refractivity contribution in [1.82, 2.24) is 14.9 Å². The lowest BCUT2D eigenvalue weighted by molar-refractivity contribution is -0.123. The summed E-state index contributed by atoms with van der Waals surface area (Å²) in [5.41, 5.74) is 9.52. The summed E-state index contributed by atoms with van der Waals surface area (Å²) in [6.07, 6.45) is 11.9. The first-order chi connectivity index (χ1) is 17.7. The second-order valence-electron chi connectivity index (χ2n) is 10.6. The number of amides is 1. The number of benzene rings is 2. The molecule has 2 aromatic carbocycles. The minimum absolute atomic E-state index is 0.0644. The van der Waals surface area contributed by atoms with Crippen LogP contribution in [-0.2, 0) is 17.8 Å². The first-order valence-corrected chi connectivity index (χ1v) is 13.6. The molecule has 1 fully saturated rings. The highest BCUT2D eigenvalue weighted by atomic mass is 16.5. The maximum Gasteiger partial charge on any atom is 0.254 e. The van der Waals surface area contributed by atoms with Gasteiger partial charge in [0.1, 0.15) is 5.75 Å². The van der Waals surface area contributed by atoms with Crippen LogP contribution >= 0.6 is 0 Å². The molecule has 1 aliphatic heterocycles. The quantitative estimate of drug-likeness (QED) is 0.369. The summed E-state index contributed by atoms with van der Waals surface area (Å²) >= 11 is 0. The van der Waals surface area contributed by atoms with Crippen LogP contribution in [0.3, 0.4) is 0 Å². The number of nitrogens with zero attached hydrogens (tertiary/aromatic N) is 3. The fourth-order valence-electron chi connectivity index (χ4n) is 6.69. The number of aromatic nitrogens is 1. The molecule has 6 rings (SSSR count). The van der Waals surface area contributed by atoms with E-state index in [2.05, 4.69) is 38.2 Å². The highest BCUT2D eigenvalue weighted by Gasteiger charge is 2.35. The molecular formula is C30H36N4O2. The van der Waals surface area contributed by atoms with Gasteiger partial charge in [0.2, 0.25) is 0 Å². The van der Waals surface area contributed by atoms with E-state index in [1.165, 1.54) is 66.2 Å². The number of nitrogens with one attached hydrogen (secondary N) is 1. The molecular weight excluding hydrogens is 448 g/mol. The van der Waals surface area contributed by atoms with Gasteiger partial charge in [0.05, 0.1) is 25.9 Å². The Bertz CT molecular complexity index is 1290. The van der Waals surface area contributed by atoms with Gasteiger partial charge in [-0.15, -0.1) is 0 Å². The second-order valence-corrected chi connectivity index (χ2v) is 10.6. The topological polar surface area (TPSA) is 58.9 Å². The Labute approximate surface area is 213 Å². The van der Waals surface area contributed by atoms with E-state index in [4.69, 9.17) is 4.74 Å². The predicted molar refractivity (Wildman–Crippen MR) is 144 cm³/mol. The van der Waals surface area contributed by atoms with Crippen LogP contribution in [-0.4, -0.2) is 41.8 Å². The fraction of sp³-hybridized carbons (Fsp3) is 0.467. The van der Waals surface area contributed by atoms with E-state index in [-0.39, 0.29) is 5.91 Å². The number of aryl methyl sites for hydroxylation is 1. The van der Waals surface area contributed by atoms with Gasteiger partial charge in [0.25, 0.3) is 5.91 Å². The number of hydrogen-bond acceptors (Lipinski definition) is 4. The largest absolute Gasteiger partial charge is 0.497 e. The average Bonchev–Trinajstić information content (AvgIpc) is 3.25. The van der Waals surface area contributed by atoms with Crippen molar-refractivity contribution < 1.29 is 9.53 Å². The van der Waals surface area contributed by atoms with Crippen molar-refractivity contribution in [3.63, 3.8) is 0 Å². The van der Waals surface area contributed by atoms with Crippen molar-refractivity contribution in [2.45, 2.75) is 69.9 Å². The van der Waals surface area contributed by atoms with E-state index in [0.717, 1.165) is 43.2 Å². The number of methoxy groups -OCH3 is 1. The molecule has 1 saturated carbocycles. The molecule has 36 heavy (non-hydrogen) atoms. The van der Waals surface area contributed by atoms with Gasteiger partial charge in [-0.25, -0.2) is 5.43 Å². The first kappa shape index (κ1) is 23.3. The smallest absolute Gasteiger partial charge is 0.254 e. The molecule has 6 nitrogen and oxygen atoms in total. The molecule has 0 spiro atoms. The van der Waals surface area contributed by atoms with Crippen molar-refractivity contribution in [2.75, 3.05) is 20.2 Å². The first-order valence-electron chi connectivity index (χ1n) is 13.6.